The summed E-state index contributed by atoms with van der Waals surface area (Å²) in [4.78, 5) is 28.7. The SMILES string of the molecule is Cc1ccc2snc(C(=O)N3CCC[C@@H](c4n[nH]c(=O)[nH]4)C3)c2c1. The Balaban J connectivity index is 1.61. The molecule has 3 aromatic rings. The number of aromatic nitrogens is 4. The fourth-order valence-electron chi connectivity index (χ4n) is 3.22. The second-order valence-electron chi connectivity index (χ2n) is 6.18. The van der Waals surface area contributed by atoms with E-state index in [2.05, 4.69) is 19.6 Å². The number of carbonyl (C=O) groups excluding carboxylic acids is 1. The van der Waals surface area contributed by atoms with Crippen molar-refractivity contribution < 1.29 is 4.79 Å². The van der Waals surface area contributed by atoms with Gasteiger partial charge in [0.25, 0.3) is 5.91 Å². The molecule has 1 aliphatic heterocycles. The van der Waals surface area contributed by atoms with E-state index in [1.54, 1.807) is 0 Å². The normalized spacial score (nSPS) is 18.2. The maximum absolute atomic E-state index is 12.9. The third-order valence-corrected chi connectivity index (χ3v) is 5.27. The van der Waals surface area contributed by atoms with Crippen molar-refractivity contribution in [3.8, 4) is 0 Å². The van der Waals surface area contributed by atoms with Crippen molar-refractivity contribution in [2.24, 2.45) is 0 Å². The Morgan fingerprint density at radius 3 is 3.08 bits per heavy atom. The Bertz CT molecular complexity index is 957. The quantitative estimate of drug-likeness (QED) is 0.744. The predicted octanol–water partition coefficient (Wildman–Crippen LogP) is 2.04. The number of H-pyrrole nitrogens is 2. The zero-order valence-electron chi connectivity index (χ0n) is 13.2. The molecular weight excluding hydrogens is 326 g/mol. The number of hydrogen-bond acceptors (Lipinski definition) is 5. The number of benzene rings is 1. The van der Waals surface area contributed by atoms with Gasteiger partial charge in [-0.3, -0.25) is 9.78 Å². The first-order valence-corrected chi connectivity index (χ1v) is 8.69. The molecule has 0 bridgehead atoms. The van der Waals surface area contributed by atoms with Gasteiger partial charge in [-0.25, -0.2) is 9.89 Å². The smallest absolute Gasteiger partial charge is 0.337 e. The summed E-state index contributed by atoms with van der Waals surface area (Å²) in [6, 6.07) is 6.05. The third-order valence-electron chi connectivity index (χ3n) is 4.44. The molecule has 24 heavy (non-hydrogen) atoms. The summed E-state index contributed by atoms with van der Waals surface area (Å²) in [5.74, 6) is 0.624. The summed E-state index contributed by atoms with van der Waals surface area (Å²) in [7, 11) is 0. The monoisotopic (exact) mass is 343 g/mol. The van der Waals surface area contributed by atoms with Gasteiger partial charge in [-0.05, 0) is 43.4 Å². The van der Waals surface area contributed by atoms with Crippen molar-refractivity contribution in [1.29, 1.82) is 0 Å². The van der Waals surface area contributed by atoms with Crippen LogP contribution in [0, 0.1) is 6.92 Å². The highest BCUT2D eigenvalue weighted by atomic mass is 32.1. The lowest BCUT2D eigenvalue weighted by Gasteiger charge is -2.31. The highest BCUT2D eigenvalue weighted by Gasteiger charge is 2.29. The van der Waals surface area contributed by atoms with Crippen LogP contribution >= 0.6 is 11.5 Å². The third kappa shape index (κ3) is 2.62. The molecule has 0 saturated carbocycles. The van der Waals surface area contributed by atoms with Crippen molar-refractivity contribution in [1.82, 2.24) is 24.5 Å². The van der Waals surface area contributed by atoms with E-state index >= 15 is 0 Å². The van der Waals surface area contributed by atoms with Crippen LogP contribution in [-0.4, -0.2) is 43.5 Å². The molecule has 1 fully saturated rings. The maximum atomic E-state index is 12.9. The van der Waals surface area contributed by atoms with Gasteiger partial charge in [0.15, 0.2) is 0 Å². The summed E-state index contributed by atoms with van der Waals surface area (Å²) in [5.41, 5.74) is 1.33. The molecule has 0 unspecified atom stereocenters. The van der Waals surface area contributed by atoms with E-state index in [4.69, 9.17) is 0 Å². The van der Waals surface area contributed by atoms with Gasteiger partial charge in [0.05, 0.1) is 4.70 Å². The number of piperidine rings is 1. The predicted molar refractivity (Wildman–Crippen MR) is 91.4 cm³/mol. The number of fused-ring (bicyclic) bond motifs is 1. The van der Waals surface area contributed by atoms with Crippen LogP contribution in [0.4, 0.5) is 0 Å². The summed E-state index contributed by atoms with van der Waals surface area (Å²) < 4.78 is 5.41. The minimum Gasteiger partial charge on any atom is -0.337 e. The number of amides is 1. The molecule has 3 heterocycles. The minimum absolute atomic E-state index is 0.0468. The Kier molecular flexibility index (Phi) is 3.68. The molecular formula is C16H17N5O2S. The van der Waals surface area contributed by atoms with Gasteiger partial charge in [-0.2, -0.15) is 9.47 Å². The molecule has 7 nitrogen and oxygen atoms in total. The molecule has 124 valence electrons. The topological polar surface area (TPSA) is 94.7 Å². The molecule has 1 aliphatic rings. The largest absolute Gasteiger partial charge is 0.340 e. The van der Waals surface area contributed by atoms with Crippen LogP contribution < -0.4 is 5.69 Å². The van der Waals surface area contributed by atoms with Crippen LogP contribution in [0.15, 0.2) is 23.0 Å². The lowest BCUT2D eigenvalue weighted by atomic mass is 9.97. The average molecular weight is 343 g/mol. The van der Waals surface area contributed by atoms with Gasteiger partial charge in [-0.15, -0.1) is 0 Å². The van der Waals surface area contributed by atoms with Gasteiger partial charge in [0.1, 0.15) is 11.5 Å². The summed E-state index contributed by atoms with van der Waals surface area (Å²) in [6.45, 7) is 3.26. The van der Waals surface area contributed by atoms with E-state index in [0.29, 0.717) is 24.6 Å². The highest BCUT2D eigenvalue weighted by molar-refractivity contribution is 7.13. The van der Waals surface area contributed by atoms with Crippen molar-refractivity contribution in [3.05, 3.63) is 45.8 Å². The van der Waals surface area contributed by atoms with Gasteiger partial charge >= 0.3 is 5.69 Å². The van der Waals surface area contributed by atoms with Crippen LogP contribution in [0.5, 0.6) is 0 Å². The van der Waals surface area contributed by atoms with Crippen LogP contribution in [0.3, 0.4) is 0 Å². The van der Waals surface area contributed by atoms with Crippen LogP contribution in [0.2, 0.25) is 0 Å². The fraction of sp³-hybridized carbons (Fsp3) is 0.375. The van der Waals surface area contributed by atoms with Gasteiger partial charge < -0.3 is 4.90 Å². The lowest BCUT2D eigenvalue weighted by molar-refractivity contribution is 0.0702. The first-order chi connectivity index (χ1) is 11.6. The minimum atomic E-state index is -0.311. The number of likely N-dealkylation sites (tertiary alicyclic amines) is 1. The van der Waals surface area contributed by atoms with Crippen molar-refractivity contribution >= 4 is 27.5 Å². The first-order valence-electron chi connectivity index (χ1n) is 7.92. The number of carbonyl (C=O) groups is 1. The van der Waals surface area contributed by atoms with E-state index < -0.39 is 0 Å². The van der Waals surface area contributed by atoms with E-state index in [1.165, 1.54) is 11.5 Å². The van der Waals surface area contributed by atoms with E-state index in [9.17, 15) is 9.59 Å². The molecule has 1 aromatic carbocycles. The molecule has 0 aliphatic carbocycles. The Hall–Kier alpha value is -2.48. The van der Waals surface area contributed by atoms with Crippen LogP contribution in [0.1, 0.15) is 40.6 Å². The summed E-state index contributed by atoms with van der Waals surface area (Å²) in [6.07, 6.45) is 1.79. The summed E-state index contributed by atoms with van der Waals surface area (Å²) in [5, 5.41) is 7.32. The Morgan fingerprint density at radius 2 is 2.29 bits per heavy atom. The lowest BCUT2D eigenvalue weighted by Crippen LogP contribution is -2.39. The zero-order chi connectivity index (χ0) is 16.7. The van der Waals surface area contributed by atoms with E-state index in [0.717, 1.165) is 28.5 Å². The average Bonchev–Trinajstić information content (AvgIpc) is 3.20. The zero-order valence-corrected chi connectivity index (χ0v) is 14.0. The van der Waals surface area contributed by atoms with Crippen molar-refractivity contribution in [2.45, 2.75) is 25.7 Å². The van der Waals surface area contributed by atoms with Crippen molar-refractivity contribution in [3.63, 3.8) is 0 Å². The molecule has 0 spiro atoms. The highest BCUT2D eigenvalue weighted by Crippen LogP contribution is 2.28. The number of rotatable bonds is 2. The number of aryl methyl sites for hydroxylation is 1. The van der Waals surface area contributed by atoms with E-state index in [-0.39, 0.29) is 17.5 Å². The second-order valence-corrected chi connectivity index (χ2v) is 6.99. The first kappa shape index (κ1) is 15.1. The molecule has 1 saturated heterocycles. The molecule has 0 radical (unpaired) electrons. The van der Waals surface area contributed by atoms with Gasteiger partial charge in [0.2, 0.25) is 0 Å². The number of nitrogens with zero attached hydrogens (tertiary/aromatic N) is 3. The molecule has 8 heteroatoms. The molecule has 2 aromatic heterocycles. The molecule has 1 amide bonds. The standard InChI is InChI=1S/C16H17N5O2S/c1-9-4-5-12-11(7-9)13(20-24-12)15(22)21-6-2-3-10(8-21)14-17-16(23)19-18-14/h4-5,7,10H,2-3,6,8H2,1H3,(H2,17,18,19,23)/t10-/m1/s1. The van der Waals surface area contributed by atoms with Crippen LogP contribution in [-0.2, 0) is 0 Å². The molecule has 2 N–H and O–H groups in total. The summed E-state index contributed by atoms with van der Waals surface area (Å²) >= 11 is 1.35. The Labute approximate surface area is 141 Å². The maximum Gasteiger partial charge on any atom is 0.340 e. The number of hydrogen-bond donors (Lipinski definition) is 2. The van der Waals surface area contributed by atoms with Crippen LogP contribution in [0.25, 0.3) is 10.1 Å². The van der Waals surface area contributed by atoms with Crippen molar-refractivity contribution in [2.75, 3.05) is 13.1 Å². The molecule has 4 rings (SSSR count). The fourth-order valence-corrected chi connectivity index (χ4v) is 3.97. The van der Waals surface area contributed by atoms with Gasteiger partial charge in [-0.1, -0.05) is 11.6 Å². The number of aromatic amines is 2. The van der Waals surface area contributed by atoms with Gasteiger partial charge in [0, 0.05) is 24.4 Å². The molecule has 1 atom stereocenters. The second kappa shape index (κ2) is 5.86. The Morgan fingerprint density at radius 1 is 1.42 bits per heavy atom. The van der Waals surface area contributed by atoms with E-state index in [1.807, 2.05) is 30.0 Å². The number of nitrogens with one attached hydrogen (secondary N) is 2.